The van der Waals surface area contributed by atoms with Gasteiger partial charge in [0.15, 0.2) is 5.82 Å². The van der Waals surface area contributed by atoms with E-state index in [1.54, 1.807) is 0 Å². The van der Waals surface area contributed by atoms with Crippen molar-refractivity contribution in [2.24, 2.45) is 22.9 Å². The van der Waals surface area contributed by atoms with Gasteiger partial charge < -0.3 is 0 Å². The molecule has 0 radical (unpaired) electrons. The molecule has 4 nitrogen and oxygen atoms in total. The molecule has 0 unspecified atom stereocenters. The molecule has 4 aliphatic carbocycles. The van der Waals surface area contributed by atoms with Gasteiger partial charge in [0.05, 0.1) is 6.21 Å². The van der Waals surface area contributed by atoms with Gasteiger partial charge in [0.25, 0.3) is 0 Å². The summed E-state index contributed by atoms with van der Waals surface area (Å²) in [6.45, 7) is 2.10. The monoisotopic (exact) mass is 352 g/mol. The molecule has 4 aliphatic rings. The molecule has 1 N–H and O–H groups in total. The molecule has 0 atom stereocenters. The fourth-order valence-electron chi connectivity index (χ4n) is 5.90. The van der Waals surface area contributed by atoms with E-state index in [1.165, 1.54) is 44.1 Å². The summed E-state index contributed by atoms with van der Waals surface area (Å²) in [6.07, 6.45) is 9.97. The largest absolute Gasteiger partial charge is 0.250 e. The van der Waals surface area contributed by atoms with Gasteiger partial charge in [-0.15, -0.1) is 0 Å². The molecule has 1 heterocycles. The van der Waals surface area contributed by atoms with Gasteiger partial charge in [-0.05, 0) is 81.0 Å². The Bertz CT molecular complexity index is 839. The number of H-pyrrole nitrogens is 1. The molecule has 130 valence electrons. The third-order valence-electron chi connectivity index (χ3n) is 6.56. The molecule has 4 bridgehead atoms. The molecule has 25 heavy (non-hydrogen) atoms. The van der Waals surface area contributed by atoms with Crippen molar-refractivity contribution < 1.29 is 0 Å². The minimum absolute atomic E-state index is 0.187. The normalized spacial score (nSPS) is 33.4. The van der Waals surface area contributed by atoms with Crippen molar-refractivity contribution in [2.75, 3.05) is 0 Å². The predicted octanol–water partition coefficient (Wildman–Crippen LogP) is 4.60. The summed E-state index contributed by atoms with van der Waals surface area (Å²) in [5.41, 5.74) is 2.53. The first-order chi connectivity index (χ1) is 12.1. The molecule has 0 saturated heterocycles. The van der Waals surface area contributed by atoms with Crippen LogP contribution in [-0.2, 0) is 5.41 Å². The van der Waals surface area contributed by atoms with E-state index in [2.05, 4.69) is 41.4 Å². The summed E-state index contributed by atoms with van der Waals surface area (Å²) >= 11 is 5.50. The third kappa shape index (κ3) is 2.60. The number of hydrogen-bond donors (Lipinski definition) is 1. The van der Waals surface area contributed by atoms with Crippen LogP contribution >= 0.6 is 12.2 Å². The van der Waals surface area contributed by atoms with Gasteiger partial charge in [0.1, 0.15) is 0 Å². The molecular weight excluding hydrogens is 328 g/mol. The van der Waals surface area contributed by atoms with Crippen molar-refractivity contribution in [3.05, 3.63) is 46.0 Å². The molecule has 1 aromatic carbocycles. The van der Waals surface area contributed by atoms with Gasteiger partial charge in [0.2, 0.25) is 4.77 Å². The Labute approximate surface area is 153 Å². The Kier molecular flexibility index (Phi) is 3.49. The number of aryl methyl sites for hydroxylation is 1. The smallest absolute Gasteiger partial charge is 0.216 e. The van der Waals surface area contributed by atoms with Gasteiger partial charge in [-0.2, -0.15) is 14.9 Å². The second-order valence-corrected chi connectivity index (χ2v) is 8.90. The maximum absolute atomic E-state index is 5.50. The highest BCUT2D eigenvalue weighted by Gasteiger charge is 2.53. The zero-order valence-corrected chi connectivity index (χ0v) is 15.4. The number of nitrogens with one attached hydrogen (secondary N) is 1. The quantitative estimate of drug-likeness (QED) is 0.648. The average molecular weight is 353 g/mol. The van der Waals surface area contributed by atoms with E-state index in [-0.39, 0.29) is 5.41 Å². The van der Waals surface area contributed by atoms with Gasteiger partial charge in [0, 0.05) is 5.41 Å². The number of rotatable bonds is 3. The highest BCUT2D eigenvalue weighted by molar-refractivity contribution is 7.71. The lowest BCUT2D eigenvalue weighted by Crippen LogP contribution is -2.49. The Hall–Kier alpha value is -1.75. The van der Waals surface area contributed by atoms with Crippen LogP contribution in [0, 0.1) is 29.4 Å². The van der Waals surface area contributed by atoms with Crippen LogP contribution < -0.4 is 0 Å². The molecule has 5 heteroatoms. The number of benzene rings is 1. The number of aromatic amines is 1. The fraction of sp³-hybridized carbons (Fsp3) is 0.550. The van der Waals surface area contributed by atoms with Gasteiger partial charge >= 0.3 is 0 Å². The van der Waals surface area contributed by atoms with E-state index in [1.807, 2.05) is 10.9 Å². The molecular formula is C20H24N4S. The topological polar surface area (TPSA) is 46.0 Å². The molecule has 1 aromatic heterocycles. The van der Waals surface area contributed by atoms with Crippen LogP contribution in [0.4, 0.5) is 0 Å². The van der Waals surface area contributed by atoms with Crippen LogP contribution in [0.15, 0.2) is 29.4 Å². The Morgan fingerprint density at radius 1 is 1.12 bits per heavy atom. The summed E-state index contributed by atoms with van der Waals surface area (Å²) in [5.74, 6) is 3.71. The summed E-state index contributed by atoms with van der Waals surface area (Å²) in [5, 5.41) is 12.4. The zero-order valence-electron chi connectivity index (χ0n) is 14.6. The van der Waals surface area contributed by atoms with Crippen molar-refractivity contribution in [1.29, 1.82) is 0 Å². The van der Waals surface area contributed by atoms with Crippen LogP contribution in [0.1, 0.15) is 55.5 Å². The van der Waals surface area contributed by atoms with E-state index >= 15 is 0 Å². The molecule has 0 aliphatic heterocycles. The molecule has 0 amide bonds. The van der Waals surface area contributed by atoms with Crippen LogP contribution in [-0.4, -0.2) is 21.1 Å². The zero-order chi connectivity index (χ0) is 17.0. The standard InChI is InChI=1S/C20H24N4S/c1-13-2-4-14(5-3-13)12-21-24-18(22-23-19(24)25)20-9-15-6-16(10-20)8-17(7-15)11-20/h2-5,12,15-17H,6-11H2,1H3,(H,23,25)/b21-12+. The first-order valence-corrected chi connectivity index (χ1v) is 9.81. The molecule has 2 aromatic rings. The van der Waals surface area contributed by atoms with Crippen molar-refractivity contribution in [1.82, 2.24) is 14.9 Å². The van der Waals surface area contributed by atoms with Gasteiger partial charge in [-0.3, -0.25) is 5.10 Å². The lowest BCUT2D eigenvalue weighted by atomic mass is 9.49. The summed E-state index contributed by atoms with van der Waals surface area (Å²) in [4.78, 5) is 0. The van der Waals surface area contributed by atoms with E-state index in [0.29, 0.717) is 4.77 Å². The molecule has 4 saturated carbocycles. The van der Waals surface area contributed by atoms with Crippen molar-refractivity contribution in [2.45, 2.75) is 50.9 Å². The van der Waals surface area contributed by atoms with E-state index in [0.717, 1.165) is 29.1 Å². The van der Waals surface area contributed by atoms with Crippen molar-refractivity contribution in [3.63, 3.8) is 0 Å². The highest BCUT2D eigenvalue weighted by atomic mass is 32.1. The van der Waals surface area contributed by atoms with Crippen molar-refractivity contribution >= 4 is 18.4 Å². The average Bonchev–Trinajstić information content (AvgIpc) is 2.95. The summed E-state index contributed by atoms with van der Waals surface area (Å²) in [6, 6.07) is 8.39. The van der Waals surface area contributed by atoms with Crippen LogP contribution in [0.3, 0.4) is 0 Å². The Balaban J connectivity index is 1.51. The second-order valence-electron chi connectivity index (χ2n) is 8.52. The van der Waals surface area contributed by atoms with Gasteiger partial charge in [-0.1, -0.05) is 29.8 Å². The minimum atomic E-state index is 0.187. The molecule has 4 fully saturated rings. The maximum Gasteiger partial charge on any atom is 0.216 e. The lowest BCUT2D eigenvalue weighted by Gasteiger charge is -2.55. The third-order valence-corrected chi connectivity index (χ3v) is 6.83. The van der Waals surface area contributed by atoms with Crippen LogP contribution in [0.2, 0.25) is 0 Å². The van der Waals surface area contributed by atoms with Crippen molar-refractivity contribution in [3.8, 4) is 0 Å². The summed E-state index contributed by atoms with van der Waals surface area (Å²) in [7, 11) is 0. The Morgan fingerprint density at radius 3 is 2.32 bits per heavy atom. The van der Waals surface area contributed by atoms with E-state index in [4.69, 9.17) is 17.3 Å². The van der Waals surface area contributed by atoms with Crippen LogP contribution in [0.25, 0.3) is 0 Å². The van der Waals surface area contributed by atoms with E-state index < -0.39 is 0 Å². The predicted molar refractivity (Wildman–Crippen MR) is 101 cm³/mol. The maximum atomic E-state index is 5.50. The number of nitrogens with zero attached hydrogens (tertiary/aromatic N) is 3. The first-order valence-electron chi connectivity index (χ1n) is 9.40. The molecule has 0 spiro atoms. The minimum Gasteiger partial charge on any atom is -0.250 e. The summed E-state index contributed by atoms with van der Waals surface area (Å²) < 4.78 is 2.50. The first kappa shape index (κ1) is 15.5. The number of aromatic nitrogens is 3. The highest BCUT2D eigenvalue weighted by Crippen LogP contribution is 2.60. The van der Waals surface area contributed by atoms with Gasteiger partial charge in [-0.25, -0.2) is 0 Å². The number of hydrogen-bond acceptors (Lipinski definition) is 3. The molecule has 6 rings (SSSR count). The lowest BCUT2D eigenvalue weighted by molar-refractivity contribution is -0.0109. The SMILES string of the molecule is Cc1ccc(/C=N/n2c(C34CC5CC(CC(C5)C3)C4)n[nH]c2=S)cc1. The Morgan fingerprint density at radius 2 is 1.72 bits per heavy atom. The second kappa shape index (κ2) is 5.63. The van der Waals surface area contributed by atoms with E-state index in [9.17, 15) is 0 Å². The van der Waals surface area contributed by atoms with Crippen LogP contribution in [0.5, 0.6) is 0 Å². The fourth-order valence-corrected chi connectivity index (χ4v) is 6.08.